The van der Waals surface area contributed by atoms with Crippen LogP contribution < -0.4 is 0 Å². The van der Waals surface area contributed by atoms with Crippen molar-refractivity contribution < 1.29 is 32.2 Å². The number of halogens is 3. The zero-order chi connectivity index (χ0) is 17.7. The molecule has 5 nitrogen and oxygen atoms in total. The van der Waals surface area contributed by atoms with Crippen LogP contribution in [-0.2, 0) is 20.4 Å². The molecule has 8 heteroatoms. The number of carbonyl (C=O) groups excluding carboxylic acids is 2. The van der Waals surface area contributed by atoms with Gasteiger partial charge in [0.05, 0.1) is 18.2 Å². The molecular weight excluding hydrogens is 315 g/mol. The SMILES string of the molecule is COCCOC(=O)C(C)(C#N)C(=O)c1ccccc1C(F)(F)F. The fraction of sp³-hybridized carbons (Fsp3) is 0.400. The van der Waals surface area contributed by atoms with Crippen molar-refractivity contribution in [1.82, 2.24) is 0 Å². The molecule has 0 aliphatic carbocycles. The van der Waals surface area contributed by atoms with E-state index in [4.69, 9.17) is 10.00 Å². The standard InChI is InChI=1S/C15H14F3NO4/c1-14(9-19,13(21)23-8-7-22-2)12(20)10-5-3-4-6-11(10)15(16,17)18/h3-6H,7-8H2,1-2H3. The Kier molecular flexibility index (Phi) is 5.87. The molecule has 1 aromatic rings. The predicted octanol–water partition coefficient (Wildman–Crippen LogP) is 2.61. The molecular formula is C15H14F3NO4. The van der Waals surface area contributed by atoms with Crippen molar-refractivity contribution >= 4 is 11.8 Å². The van der Waals surface area contributed by atoms with E-state index in [0.29, 0.717) is 6.07 Å². The van der Waals surface area contributed by atoms with Gasteiger partial charge in [0.25, 0.3) is 0 Å². The van der Waals surface area contributed by atoms with Gasteiger partial charge in [0, 0.05) is 12.7 Å². The lowest BCUT2D eigenvalue weighted by Crippen LogP contribution is -2.38. The number of ether oxygens (including phenoxy) is 2. The zero-order valence-corrected chi connectivity index (χ0v) is 12.4. The third-order valence-corrected chi connectivity index (χ3v) is 3.08. The van der Waals surface area contributed by atoms with Gasteiger partial charge < -0.3 is 9.47 Å². The van der Waals surface area contributed by atoms with Gasteiger partial charge in [0.2, 0.25) is 5.41 Å². The van der Waals surface area contributed by atoms with Gasteiger partial charge in [-0.3, -0.25) is 4.79 Å². The molecule has 1 aromatic carbocycles. The summed E-state index contributed by atoms with van der Waals surface area (Å²) in [6, 6.07) is 5.41. The minimum atomic E-state index is -4.79. The molecule has 0 amide bonds. The first kappa shape index (κ1) is 18.6. The lowest BCUT2D eigenvalue weighted by atomic mass is 9.82. The molecule has 1 unspecified atom stereocenters. The number of Topliss-reactive ketones (excluding diaryl/α,β-unsaturated/α-hetero) is 1. The van der Waals surface area contributed by atoms with Crippen molar-refractivity contribution in [3.05, 3.63) is 35.4 Å². The van der Waals surface area contributed by atoms with Gasteiger partial charge in [-0.25, -0.2) is 4.79 Å². The molecule has 0 bridgehead atoms. The van der Waals surface area contributed by atoms with E-state index in [1.54, 1.807) is 0 Å². The number of carbonyl (C=O) groups is 2. The third-order valence-electron chi connectivity index (χ3n) is 3.08. The molecule has 0 saturated heterocycles. The van der Waals surface area contributed by atoms with Crippen molar-refractivity contribution in [2.75, 3.05) is 20.3 Å². The normalized spacial score (nSPS) is 13.7. The second-order valence-electron chi connectivity index (χ2n) is 4.74. The smallest absolute Gasteiger partial charge is 0.417 e. The van der Waals surface area contributed by atoms with Crippen LogP contribution in [0.1, 0.15) is 22.8 Å². The number of benzene rings is 1. The predicted molar refractivity (Wildman–Crippen MR) is 72.3 cm³/mol. The summed E-state index contributed by atoms with van der Waals surface area (Å²) in [6.45, 7) is 0.735. The highest BCUT2D eigenvalue weighted by atomic mass is 19.4. The molecule has 1 rings (SSSR count). The molecule has 124 valence electrons. The molecule has 0 aromatic heterocycles. The highest BCUT2D eigenvalue weighted by Crippen LogP contribution is 2.35. The summed E-state index contributed by atoms with van der Waals surface area (Å²) in [7, 11) is 1.35. The van der Waals surface area contributed by atoms with Crippen LogP contribution in [0.4, 0.5) is 13.2 Å². The summed E-state index contributed by atoms with van der Waals surface area (Å²) in [6.07, 6.45) is -4.79. The van der Waals surface area contributed by atoms with Gasteiger partial charge in [0.1, 0.15) is 6.61 Å². The molecule has 23 heavy (non-hydrogen) atoms. The quantitative estimate of drug-likeness (QED) is 0.347. The molecule has 0 heterocycles. The van der Waals surface area contributed by atoms with E-state index >= 15 is 0 Å². The molecule has 0 spiro atoms. The van der Waals surface area contributed by atoms with Gasteiger partial charge >= 0.3 is 12.1 Å². The first-order valence-electron chi connectivity index (χ1n) is 6.47. The highest BCUT2D eigenvalue weighted by molar-refractivity contribution is 6.15. The topological polar surface area (TPSA) is 76.4 Å². The van der Waals surface area contributed by atoms with Crippen LogP contribution in [0.25, 0.3) is 0 Å². The maximum absolute atomic E-state index is 13.0. The largest absolute Gasteiger partial charge is 0.462 e. The number of hydrogen-bond donors (Lipinski definition) is 0. The lowest BCUT2D eigenvalue weighted by molar-refractivity contribution is -0.150. The summed E-state index contributed by atoms with van der Waals surface area (Å²) in [5.74, 6) is -2.49. The Labute approximate surface area is 130 Å². The van der Waals surface area contributed by atoms with Crippen molar-refractivity contribution in [3.8, 4) is 6.07 Å². The van der Waals surface area contributed by atoms with Gasteiger partial charge in [0.15, 0.2) is 5.78 Å². The maximum Gasteiger partial charge on any atom is 0.417 e. The summed E-state index contributed by atoms with van der Waals surface area (Å²) in [5, 5.41) is 9.15. The third kappa shape index (κ3) is 4.07. The Balaban J connectivity index is 3.20. The van der Waals surface area contributed by atoms with Crippen molar-refractivity contribution in [3.63, 3.8) is 0 Å². The minimum absolute atomic E-state index is 0.0284. The van der Waals surface area contributed by atoms with E-state index in [2.05, 4.69) is 4.74 Å². The van der Waals surface area contributed by atoms with Gasteiger partial charge in [-0.05, 0) is 13.0 Å². The summed E-state index contributed by atoms with van der Waals surface area (Å²) in [5.41, 5.74) is -4.35. The molecule has 0 N–H and O–H groups in total. The van der Waals surface area contributed by atoms with Crippen molar-refractivity contribution in [2.45, 2.75) is 13.1 Å². The molecule has 1 atom stereocenters. The fourth-order valence-electron chi connectivity index (χ4n) is 1.75. The first-order valence-corrected chi connectivity index (χ1v) is 6.47. The number of rotatable bonds is 6. The molecule has 0 aliphatic heterocycles. The monoisotopic (exact) mass is 329 g/mol. The second-order valence-corrected chi connectivity index (χ2v) is 4.74. The van der Waals surface area contributed by atoms with Crippen LogP contribution in [0.3, 0.4) is 0 Å². The van der Waals surface area contributed by atoms with Crippen LogP contribution in [0.15, 0.2) is 24.3 Å². The van der Waals surface area contributed by atoms with Crippen LogP contribution in [0.2, 0.25) is 0 Å². The number of esters is 1. The Morgan fingerprint density at radius 1 is 1.22 bits per heavy atom. The number of nitriles is 1. The maximum atomic E-state index is 13.0. The fourth-order valence-corrected chi connectivity index (χ4v) is 1.75. The summed E-state index contributed by atoms with van der Waals surface area (Å²) in [4.78, 5) is 24.3. The van der Waals surface area contributed by atoms with E-state index in [0.717, 1.165) is 19.1 Å². The zero-order valence-electron chi connectivity index (χ0n) is 12.4. The van der Waals surface area contributed by atoms with Crippen LogP contribution in [-0.4, -0.2) is 32.1 Å². The second kappa shape index (κ2) is 7.24. The molecule has 0 fully saturated rings. The summed E-state index contributed by atoms with van der Waals surface area (Å²) < 4.78 is 48.3. The molecule has 0 saturated carbocycles. The number of methoxy groups -OCH3 is 1. The van der Waals surface area contributed by atoms with Crippen molar-refractivity contribution in [1.29, 1.82) is 5.26 Å². The minimum Gasteiger partial charge on any atom is -0.462 e. The van der Waals surface area contributed by atoms with Crippen LogP contribution in [0, 0.1) is 16.7 Å². The number of nitrogens with zero attached hydrogens (tertiary/aromatic N) is 1. The number of hydrogen-bond acceptors (Lipinski definition) is 5. The Hall–Kier alpha value is -2.40. The van der Waals surface area contributed by atoms with Crippen molar-refractivity contribution in [2.24, 2.45) is 5.41 Å². The Morgan fingerprint density at radius 2 is 1.83 bits per heavy atom. The number of ketones is 1. The average Bonchev–Trinajstić information content (AvgIpc) is 2.52. The number of alkyl halides is 3. The Morgan fingerprint density at radius 3 is 2.35 bits per heavy atom. The van der Waals surface area contributed by atoms with Gasteiger partial charge in [-0.2, -0.15) is 18.4 Å². The van der Waals surface area contributed by atoms with Crippen LogP contribution in [0.5, 0.6) is 0 Å². The molecule has 0 aliphatic rings. The van der Waals surface area contributed by atoms with Crippen LogP contribution >= 0.6 is 0 Å². The van der Waals surface area contributed by atoms with Gasteiger partial charge in [-0.1, -0.05) is 18.2 Å². The van der Waals surface area contributed by atoms with E-state index in [-0.39, 0.29) is 13.2 Å². The lowest BCUT2D eigenvalue weighted by Gasteiger charge is -2.20. The van der Waals surface area contributed by atoms with E-state index < -0.39 is 34.5 Å². The molecule has 0 radical (unpaired) electrons. The average molecular weight is 329 g/mol. The van der Waals surface area contributed by atoms with E-state index in [9.17, 15) is 22.8 Å². The van der Waals surface area contributed by atoms with E-state index in [1.165, 1.54) is 19.2 Å². The highest BCUT2D eigenvalue weighted by Gasteiger charge is 2.46. The van der Waals surface area contributed by atoms with Gasteiger partial charge in [-0.15, -0.1) is 0 Å². The summed E-state index contributed by atoms with van der Waals surface area (Å²) >= 11 is 0. The Bertz CT molecular complexity index is 636. The van der Waals surface area contributed by atoms with E-state index in [1.807, 2.05) is 0 Å². The first-order chi connectivity index (χ1) is 10.7.